The number of aryl methyl sites for hydroxylation is 2. The van der Waals surface area contributed by atoms with E-state index in [4.69, 9.17) is 10.5 Å². The van der Waals surface area contributed by atoms with Crippen molar-refractivity contribution >= 4 is 49.2 Å². The number of hydrogen-bond donors (Lipinski definition) is 0. The van der Waals surface area contributed by atoms with E-state index in [1.807, 2.05) is 36.4 Å². The molecule has 0 spiro atoms. The number of rotatable bonds is 6. The van der Waals surface area contributed by atoms with Gasteiger partial charge in [0.05, 0.1) is 0 Å². The van der Waals surface area contributed by atoms with Gasteiger partial charge < -0.3 is 4.98 Å². The minimum atomic E-state index is -2.31. The quantitative estimate of drug-likeness (QED) is 0.123. The first-order chi connectivity index (χ1) is 26.6. The number of thiophene rings is 1. The maximum absolute atomic E-state index is 8.47. The van der Waals surface area contributed by atoms with Crippen molar-refractivity contribution in [2.75, 3.05) is 0 Å². The SMILES string of the molecule is Cc1cc(-c2[c-]ccc(-c3ccccc3)c2)nc[c]1[Ge]([CH3])([CH3])[CH3].[2H]C([2H])([2H])c1cnc(-c2[c-]cc3sc4cc(-c5ccccc5)ccc4c3c2)cc1C([2H])(C)C.[Ir]. The second-order valence-electron chi connectivity index (χ2n) is 14.4. The number of nitrogens with zero attached hydrogens (tertiary/aromatic N) is 2. The van der Waals surface area contributed by atoms with Crippen molar-refractivity contribution < 1.29 is 25.6 Å². The molecule has 5 heteroatoms. The van der Waals surface area contributed by atoms with Gasteiger partial charge in [0, 0.05) is 36.5 Å². The van der Waals surface area contributed by atoms with Crippen LogP contribution in [0, 0.1) is 25.9 Å². The summed E-state index contributed by atoms with van der Waals surface area (Å²) in [5, 5.41) is 2.29. The molecule has 8 aromatic rings. The molecule has 0 amide bonds. The molecule has 0 unspecified atom stereocenters. The molecular formula is C48H44GeIrN2S-2. The molecular weight excluding hydrogens is 901 g/mol. The first kappa shape index (κ1) is 33.4. The molecule has 0 saturated heterocycles. The maximum atomic E-state index is 8.47. The van der Waals surface area contributed by atoms with Crippen LogP contribution in [0.5, 0.6) is 0 Å². The van der Waals surface area contributed by atoms with Gasteiger partial charge in [0.15, 0.2) is 0 Å². The van der Waals surface area contributed by atoms with Crippen LogP contribution in [0.2, 0.25) is 17.3 Å². The van der Waals surface area contributed by atoms with Crippen molar-refractivity contribution in [2.24, 2.45) is 0 Å². The van der Waals surface area contributed by atoms with Crippen molar-refractivity contribution in [3.63, 3.8) is 0 Å². The minimum Gasteiger partial charge on any atom is -0.304 e. The predicted molar refractivity (Wildman–Crippen MR) is 227 cm³/mol. The summed E-state index contributed by atoms with van der Waals surface area (Å²) in [6.45, 7) is 3.29. The third-order valence-electron chi connectivity index (χ3n) is 9.33. The van der Waals surface area contributed by atoms with Crippen LogP contribution in [0.25, 0.3) is 64.9 Å². The molecule has 0 bridgehead atoms. The first-order valence-corrected chi connectivity index (χ1v) is 25.7. The Morgan fingerprint density at radius 1 is 0.660 bits per heavy atom. The Morgan fingerprint density at radius 2 is 1.30 bits per heavy atom. The number of aromatic nitrogens is 2. The van der Waals surface area contributed by atoms with Gasteiger partial charge in [-0.15, -0.1) is 23.8 Å². The molecule has 3 heterocycles. The van der Waals surface area contributed by atoms with Gasteiger partial charge in [-0.1, -0.05) is 67.8 Å². The van der Waals surface area contributed by atoms with E-state index >= 15 is 0 Å². The number of benzene rings is 5. The topological polar surface area (TPSA) is 25.8 Å². The number of hydrogen-bond acceptors (Lipinski definition) is 3. The van der Waals surface area contributed by atoms with Gasteiger partial charge >= 0.3 is 142 Å². The summed E-state index contributed by atoms with van der Waals surface area (Å²) in [5.74, 6) is 6.16. The van der Waals surface area contributed by atoms with E-state index < -0.39 is 26.0 Å². The second kappa shape index (κ2) is 16.4. The molecule has 0 saturated carbocycles. The summed E-state index contributed by atoms with van der Waals surface area (Å²) >= 11 is -0.115. The smallest absolute Gasteiger partial charge is 0.0346 e. The van der Waals surface area contributed by atoms with Crippen LogP contribution < -0.4 is 4.40 Å². The van der Waals surface area contributed by atoms with E-state index in [1.54, 1.807) is 31.3 Å². The Morgan fingerprint density at radius 3 is 1.94 bits per heavy atom. The molecule has 3 aromatic heterocycles. The Labute approximate surface area is 340 Å². The van der Waals surface area contributed by atoms with Crippen LogP contribution >= 0.6 is 11.3 Å². The summed E-state index contributed by atoms with van der Waals surface area (Å²) in [6.07, 6.45) is 3.48. The van der Waals surface area contributed by atoms with Gasteiger partial charge in [-0.2, -0.15) is 11.3 Å². The second-order valence-corrected chi connectivity index (χ2v) is 26.1. The molecule has 0 N–H and O–H groups in total. The Hall–Kier alpha value is -4.19. The van der Waals surface area contributed by atoms with E-state index in [1.165, 1.54) is 48.5 Å². The monoisotopic (exact) mass is 951 g/mol. The van der Waals surface area contributed by atoms with Crippen molar-refractivity contribution in [3.8, 4) is 44.8 Å². The number of fused-ring (bicyclic) bond motifs is 3. The summed E-state index contributed by atoms with van der Waals surface area (Å²) in [5.41, 5.74) is 10.2. The largest absolute Gasteiger partial charge is 0.304 e. The molecule has 2 nitrogen and oxygen atoms in total. The fourth-order valence-electron chi connectivity index (χ4n) is 6.61. The van der Waals surface area contributed by atoms with Crippen LogP contribution in [0.4, 0.5) is 0 Å². The summed E-state index contributed by atoms with van der Waals surface area (Å²) in [7, 11) is 0. The number of pyridine rings is 2. The summed E-state index contributed by atoms with van der Waals surface area (Å²) < 4.78 is 35.8. The van der Waals surface area contributed by atoms with Gasteiger partial charge in [-0.3, -0.25) is 0 Å². The van der Waals surface area contributed by atoms with Crippen LogP contribution in [0.3, 0.4) is 0 Å². The van der Waals surface area contributed by atoms with Gasteiger partial charge in [-0.25, -0.2) is 0 Å². The van der Waals surface area contributed by atoms with E-state index in [0.717, 1.165) is 26.9 Å². The normalized spacial score (nSPS) is 12.9. The fourth-order valence-corrected chi connectivity index (χ4v) is 11.3. The first-order valence-electron chi connectivity index (χ1n) is 19.6. The van der Waals surface area contributed by atoms with E-state index in [9.17, 15) is 0 Å². The van der Waals surface area contributed by atoms with Crippen LogP contribution in [0.15, 0.2) is 134 Å². The predicted octanol–water partition coefficient (Wildman–Crippen LogP) is 13.1. The van der Waals surface area contributed by atoms with Gasteiger partial charge in [0.25, 0.3) is 0 Å². The van der Waals surface area contributed by atoms with Gasteiger partial charge in [0.1, 0.15) is 0 Å². The zero-order valence-electron chi connectivity index (χ0n) is 34.8. The Kier molecular flexibility index (Phi) is 10.4. The average molecular weight is 950 g/mol. The summed E-state index contributed by atoms with van der Waals surface area (Å²) in [6, 6.07) is 48.2. The zero-order chi connectivity index (χ0) is 39.8. The van der Waals surface area contributed by atoms with E-state index in [2.05, 4.69) is 126 Å². The average Bonchev–Trinajstić information content (AvgIpc) is 3.55. The molecule has 1 radical (unpaired) electrons. The third kappa shape index (κ3) is 8.63. The van der Waals surface area contributed by atoms with Crippen molar-refractivity contribution in [3.05, 3.63) is 163 Å². The van der Waals surface area contributed by atoms with E-state index in [0.29, 0.717) is 11.3 Å². The standard InChI is InChI=1S/C27H22NS.C21H22GeN.Ir/c1-17(2)23-15-25(28-16-18(23)3)21-10-12-26-24(13-21)22-11-9-20(14-27(22)29-26)19-7-5-4-6-8-19;1-16-13-21(23-15-20(16)22(2,3)4)19-12-8-11-18(14-19)17-9-6-5-7-10-17;/h4-9,11-17H,1-3H3;5-11,13-15H,1-4H3;/q2*-1;/i3D3,17D;;. The third-order valence-corrected chi connectivity index (χ3v) is 14.9. The van der Waals surface area contributed by atoms with Crippen LogP contribution in [-0.2, 0) is 20.1 Å². The van der Waals surface area contributed by atoms with Crippen molar-refractivity contribution in [2.45, 2.75) is 50.8 Å². The molecule has 0 fully saturated rings. The minimum absolute atomic E-state index is 0. The van der Waals surface area contributed by atoms with Gasteiger partial charge in [-0.05, 0) is 56.8 Å². The van der Waals surface area contributed by atoms with Crippen molar-refractivity contribution in [1.29, 1.82) is 0 Å². The molecule has 53 heavy (non-hydrogen) atoms. The Bertz CT molecular complexity index is 2660. The zero-order valence-corrected chi connectivity index (χ0v) is 36.1. The maximum Gasteiger partial charge on any atom is 0.0346 e. The molecule has 0 aliphatic heterocycles. The fraction of sp³-hybridized carbons (Fsp3) is 0.167. The van der Waals surface area contributed by atoms with Crippen LogP contribution in [0.1, 0.15) is 41.9 Å². The molecule has 0 aliphatic carbocycles. The summed E-state index contributed by atoms with van der Waals surface area (Å²) in [4.78, 5) is 9.17. The molecule has 267 valence electrons. The molecule has 0 atom stereocenters. The molecule has 5 aromatic carbocycles. The van der Waals surface area contributed by atoms with Gasteiger partial charge in [0.2, 0.25) is 0 Å². The Balaban J connectivity index is 0.000000202. The molecule has 0 aliphatic rings. The van der Waals surface area contributed by atoms with Crippen molar-refractivity contribution in [1.82, 2.24) is 9.97 Å². The van der Waals surface area contributed by atoms with E-state index in [-0.39, 0.29) is 25.7 Å². The molecule has 8 rings (SSSR count). The van der Waals surface area contributed by atoms with Crippen LogP contribution in [-0.4, -0.2) is 23.2 Å².